The van der Waals surface area contributed by atoms with Crippen LogP contribution in [-0.2, 0) is 17.8 Å². The first-order valence-corrected chi connectivity index (χ1v) is 8.40. The second-order valence-corrected chi connectivity index (χ2v) is 6.51. The predicted molar refractivity (Wildman–Crippen MR) is 95.3 cm³/mol. The van der Waals surface area contributed by atoms with Gasteiger partial charge in [0, 0.05) is 19.0 Å². The zero-order chi connectivity index (χ0) is 18.0. The van der Waals surface area contributed by atoms with E-state index >= 15 is 0 Å². The maximum absolute atomic E-state index is 12.2. The molecule has 0 aromatic heterocycles. The van der Waals surface area contributed by atoms with E-state index in [4.69, 9.17) is 0 Å². The Morgan fingerprint density at radius 1 is 1.20 bits per heavy atom. The van der Waals surface area contributed by atoms with E-state index in [9.17, 15) is 14.7 Å². The van der Waals surface area contributed by atoms with Crippen LogP contribution in [0.3, 0.4) is 0 Å². The predicted octanol–water partition coefficient (Wildman–Crippen LogP) is 2.75. The number of benzene rings is 2. The van der Waals surface area contributed by atoms with Crippen LogP contribution in [0, 0.1) is 6.92 Å². The fourth-order valence-corrected chi connectivity index (χ4v) is 3.21. The average Bonchev–Trinajstić information content (AvgIpc) is 2.96. The van der Waals surface area contributed by atoms with Gasteiger partial charge >= 0.3 is 0 Å². The van der Waals surface area contributed by atoms with Crippen LogP contribution in [-0.4, -0.2) is 16.9 Å². The summed E-state index contributed by atoms with van der Waals surface area (Å²) >= 11 is 0. The molecule has 0 saturated carbocycles. The first kappa shape index (κ1) is 17.0. The number of amides is 2. The minimum absolute atomic E-state index is 0.0180. The highest BCUT2D eigenvalue weighted by Gasteiger charge is 2.23. The largest absolute Gasteiger partial charge is 0.508 e. The van der Waals surface area contributed by atoms with Crippen molar-refractivity contribution in [1.82, 2.24) is 10.6 Å². The molecule has 2 amide bonds. The SMILES string of the molecule is CC(=O)NC1CCc2cc(CNC(=O)c3ccc(C)c(O)c3)ccc21. The average molecular weight is 338 g/mol. The van der Waals surface area contributed by atoms with Crippen LogP contribution in [0.25, 0.3) is 0 Å². The second kappa shape index (κ2) is 6.97. The summed E-state index contributed by atoms with van der Waals surface area (Å²) in [5.74, 6) is -0.114. The number of fused-ring (bicyclic) bond motifs is 1. The van der Waals surface area contributed by atoms with Gasteiger partial charge in [-0.15, -0.1) is 0 Å². The number of rotatable bonds is 4. The number of phenols is 1. The van der Waals surface area contributed by atoms with Crippen LogP contribution < -0.4 is 10.6 Å². The van der Waals surface area contributed by atoms with Gasteiger partial charge < -0.3 is 15.7 Å². The van der Waals surface area contributed by atoms with E-state index < -0.39 is 0 Å². The van der Waals surface area contributed by atoms with E-state index in [2.05, 4.69) is 16.7 Å². The third-order valence-electron chi connectivity index (χ3n) is 4.59. The van der Waals surface area contributed by atoms with Crippen LogP contribution in [0.5, 0.6) is 5.75 Å². The Hall–Kier alpha value is -2.82. The molecule has 0 radical (unpaired) electrons. The lowest BCUT2D eigenvalue weighted by atomic mass is 10.0. The molecule has 3 N–H and O–H groups in total. The van der Waals surface area contributed by atoms with Crippen LogP contribution in [0.2, 0.25) is 0 Å². The van der Waals surface area contributed by atoms with Gasteiger partial charge in [-0.2, -0.15) is 0 Å². The molecule has 0 aliphatic heterocycles. The third kappa shape index (κ3) is 3.82. The van der Waals surface area contributed by atoms with Crippen molar-refractivity contribution in [2.24, 2.45) is 0 Å². The molecule has 2 aromatic rings. The Bertz CT molecular complexity index is 830. The number of carbonyl (C=O) groups is 2. The number of aryl methyl sites for hydroxylation is 2. The Balaban J connectivity index is 1.65. The Kier molecular flexibility index (Phi) is 4.74. The quantitative estimate of drug-likeness (QED) is 0.802. The number of carbonyl (C=O) groups excluding carboxylic acids is 2. The van der Waals surface area contributed by atoms with Gasteiger partial charge in [-0.1, -0.05) is 24.3 Å². The van der Waals surface area contributed by atoms with Crippen molar-refractivity contribution >= 4 is 11.8 Å². The molecular formula is C20H22N2O3. The van der Waals surface area contributed by atoms with Gasteiger partial charge in [-0.25, -0.2) is 0 Å². The van der Waals surface area contributed by atoms with Crippen LogP contribution in [0.15, 0.2) is 36.4 Å². The van der Waals surface area contributed by atoms with Gasteiger partial charge in [0.1, 0.15) is 5.75 Å². The van der Waals surface area contributed by atoms with Gasteiger partial charge in [-0.3, -0.25) is 9.59 Å². The van der Waals surface area contributed by atoms with Crippen molar-refractivity contribution in [1.29, 1.82) is 0 Å². The van der Waals surface area contributed by atoms with Crippen molar-refractivity contribution < 1.29 is 14.7 Å². The monoisotopic (exact) mass is 338 g/mol. The normalized spacial score (nSPS) is 15.5. The zero-order valence-corrected chi connectivity index (χ0v) is 14.4. The van der Waals surface area contributed by atoms with E-state index in [-0.39, 0.29) is 23.6 Å². The van der Waals surface area contributed by atoms with Crippen LogP contribution in [0.1, 0.15) is 52.0 Å². The Morgan fingerprint density at radius 3 is 2.72 bits per heavy atom. The maximum atomic E-state index is 12.2. The topological polar surface area (TPSA) is 78.4 Å². The molecule has 5 heteroatoms. The van der Waals surface area contributed by atoms with E-state index in [0.29, 0.717) is 12.1 Å². The van der Waals surface area contributed by atoms with Crippen molar-refractivity contribution in [2.45, 2.75) is 39.3 Å². The number of aromatic hydroxyl groups is 1. The lowest BCUT2D eigenvalue weighted by Crippen LogP contribution is -2.24. The summed E-state index contributed by atoms with van der Waals surface area (Å²) in [6.07, 6.45) is 1.83. The molecular weight excluding hydrogens is 316 g/mol. The van der Waals surface area contributed by atoms with Crippen molar-refractivity contribution in [3.05, 3.63) is 64.2 Å². The molecule has 0 spiro atoms. The summed E-state index contributed by atoms with van der Waals surface area (Å²) in [4.78, 5) is 23.5. The lowest BCUT2D eigenvalue weighted by molar-refractivity contribution is -0.119. The molecule has 1 unspecified atom stereocenters. The Labute approximate surface area is 147 Å². The molecule has 5 nitrogen and oxygen atoms in total. The number of hydrogen-bond donors (Lipinski definition) is 3. The zero-order valence-electron chi connectivity index (χ0n) is 14.4. The first-order chi connectivity index (χ1) is 11.9. The molecule has 2 aromatic carbocycles. The highest BCUT2D eigenvalue weighted by Crippen LogP contribution is 2.31. The van der Waals surface area contributed by atoms with Crippen molar-refractivity contribution in [3.63, 3.8) is 0 Å². The number of phenolic OH excluding ortho intramolecular Hbond substituents is 1. The first-order valence-electron chi connectivity index (χ1n) is 8.40. The molecule has 3 rings (SSSR count). The summed E-state index contributed by atoms with van der Waals surface area (Å²) in [6, 6.07) is 11.1. The summed E-state index contributed by atoms with van der Waals surface area (Å²) in [6.45, 7) is 3.74. The Morgan fingerprint density at radius 2 is 2.00 bits per heavy atom. The molecule has 1 atom stereocenters. The molecule has 1 aliphatic rings. The molecule has 0 bridgehead atoms. The fraction of sp³-hybridized carbons (Fsp3) is 0.300. The smallest absolute Gasteiger partial charge is 0.251 e. The summed E-state index contributed by atoms with van der Waals surface area (Å²) in [5, 5.41) is 15.6. The van der Waals surface area contributed by atoms with Gasteiger partial charge in [0.25, 0.3) is 5.91 Å². The second-order valence-electron chi connectivity index (χ2n) is 6.51. The van der Waals surface area contributed by atoms with Gasteiger partial charge in [0.05, 0.1) is 6.04 Å². The number of hydrogen-bond acceptors (Lipinski definition) is 3. The summed E-state index contributed by atoms with van der Waals surface area (Å²) < 4.78 is 0. The van der Waals surface area contributed by atoms with E-state index in [0.717, 1.165) is 29.5 Å². The summed E-state index contributed by atoms with van der Waals surface area (Å²) in [7, 11) is 0. The minimum Gasteiger partial charge on any atom is -0.508 e. The van der Waals surface area contributed by atoms with Gasteiger partial charge in [0.2, 0.25) is 5.91 Å². The molecule has 1 aliphatic carbocycles. The summed E-state index contributed by atoms with van der Waals surface area (Å²) in [5.41, 5.74) is 4.58. The van der Waals surface area contributed by atoms with Gasteiger partial charge in [-0.05, 0) is 54.2 Å². The molecule has 0 fully saturated rings. The molecule has 130 valence electrons. The lowest BCUT2D eigenvalue weighted by Gasteiger charge is -2.13. The molecule has 25 heavy (non-hydrogen) atoms. The minimum atomic E-state index is -0.216. The van der Waals surface area contributed by atoms with E-state index in [1.165, 1.54) is 18.6 Å². The molecule has 0 saturated heterocycles. The van der Waals surface area contributed by atoms with E-state index in [1.54, 1.807) is 19.1 Å². The highest BCUT2D eigenvalue weighted by atomic mass is 16.3. The molecule has 0 heterocycles. The third-order valence-corrected chi connectivity index (χ3v) is 4.59. The van der Waals surface area contributed by atoms with Gasteiger partial charge in [0.15, 0.2) is 0 Å². The van der Waals surface area contributed by atoms with Crippen LogP contribution >= 0.6 is 0 Å². The van der Waals surface area contributed by atoms with Crippen molar-refractivity contribution in [3.8, 4) is 5.75 Å². The van der Waals surface area contributed by atoms with Crippen LogP contribution in [0.4, 0.5) is 0 Å². The van der Waals surface area contributed by atoms with Crippen molar-refractivity contribution in [2.75, 3.05) is 0 Å². The fourth-order valence-electron chi connectivity index (χ4n) is 3.21. The highest BCUT2D eigenvalue weighted by molar-refractivity contribution is 5.94. The number of nitrogens with one attached hydrogen (secondary N) is 2. The van der Waals surface area contributed by atoms with E-state index in [1.807, 2.05) is 12.1 Å². The maximum Gasteiger partial charge on any atom is 0.251 e. The standard InChI is InChI=1S/C20H22N2O3/c1-12-3-5-16(10-19(12)24)20(25)21-11-14-4-7-17-15(9-14)6-8-18(17)22-13(2)23/h3-5,7,9-10,18,24H,6,8,11H2,1-2H3,(H,21,25)(H,22,23).